The summed E-state index contributed by atoms with van der Waals surface area (Å²) in [5.74, 6) is -0.517. The molecule has 2 N–H and O–H groups in total. The lowest BCUT2D eigenvalue weighted by molar-refractivity contribution is -0.265. The van der Waals surface area contributed by atoms with Crippen molar-refractivity contribution in [2.75, 3.05) is 13.2 Å². The Morgan fingerprint density at radius 3 is 2.44 bits per heavy atom. The van der Waals surface area contributed by atoms with Gasteiger partial charge in [0.1, 0.15) is 29.1 Å². The van der Waals surface area contributed by atoms with Crippen LogP contribution in [0.15, 0.2) is 30.3 Å². The molecule has 34 heavy (non-hydrogen) atoms. The third-order valence-corrected chi connectivity index (χ3v) is 5.22. The molecule has 0 spiro atoms. The Morgan fingerprint density at radius 1 is 1.29 bits per heavy atom. The van der Waals surface area contributed by atoms with Crippen molar-refractivity contribution >= 4 is 6.09 Å². The van der Waals surface area contributed by atoms with Crippen molar-refractivity contribution in [1.29, 1.82) is 5.26 Å². The number of hydrogen-bond acceptors (Lipinski definition) is 6. The zero-order valence-electron chi connectivity index (χ0n) is 18.9. The summed E-state index contributed by atoms with van der Waals surface area (Å²) in [5.41, 5.74) is -6.61. The van der Waals surface area contributed by atoms with Crippen molar-refractivity contribution in [3.63, 3.8) is 0 Å². The number of ether oxygens (including phenoxy) is 2. The maximum atomic E-state index is 14.2. The first kappa shape index (κ1) is 25.2. The predicted octanol–water partition coefficient (Wildman–Crippen LogP) is 4.34. The van der Waals surface area contributed by atoms with E-state index in [-0.39, 0.29) is 29.2 Å². The standard InChI is InChI=1S/C23H23F4N3O4/c1-20(2,3)34-19(31)29-11-22(32,23(25,26)27)16-9-15-18(33-12-21(15,4)10-28)17(30-16)13-5-7-14(24)8-6-13/h5-9,32H,11-12H2,1-4H3,(H,29,31)/t21-,22-/m0/s1. The Morgan fingerprint density at radius 2 is 1.91 bits per heavy atom. The molecule has 11 heteroatoms. The summed E-state index contributed by atoms with van der Waals surface area (Å²) < 4.78 is 66.5. The van der Waals surface area contributed by atoms with Crippen LogP contribution in [0, 0.1) is 17.1 Å². The number of rotatable bonds is 4. The molecule has 0 fully saturated rings. The van der Waals surface area contributed by atoms with Crippen molar-refractivity contribution in [3.8, 4) is 23.1 Å². The second-order valence-corrected chi connectivity index (χ2v) is 9.19. The van der Waals surface area contributed by atoms with E-state index in [4.69, 9.17) is 9.47 Å². The van der Waals surface area contributed by atoms with Crippen LogP contribution in [0.25, 0.3) is 11.3 Å². The molecule has 0 saturated heterocycles. The third kappa shape index (κ3) is 4.77. The number of aromatic nitrogens is 1. The molecular formula is C23H23F4N3O4. The molecule has 0 radical (unpaired) electrons. The van der Waals surface area contributed by atoms with Gasteiger partial charge in [-0.1, -0.05) is 0 Å². The number of alkyl halides is 3. The normalized spacial score (nSPS) is 19.4. The van der Waals surface area contributed by atoms with Crippen LogP contribution >= 0.6 is 0 Å². The van der Waals surface area contributed by atoms with E-state index in [0.717, 1.165) is 18.2 Å². The van der Waals surface area contributed by atoms with E-state index in [1.165, 1.54) is 39.8 Å². The maximum absolute atomic E-state index is 14.2. The summed E-state index contributed by atoms with van der Waals surface area (Å²) in [5, 5.41) is 22.4. The predicted molar refractivity (Wildman–Crippen MR) is 112 cm³/mol. The molecule has 1 aliphatic heterocycles. The molecule has 0 aliphatic carbocycles. The fourth-order valence-electron chi connectivity index (χ4n) is 3.34. The Bertz CT molecular complexity index is 1140. The van der Waals surface area contributed by atoms with Crippen LogP contribution in [0.4, 0.5) is 22.4 Å². The first-order chi connectivity index (χ1) is 15.6. The van der Waals surface area contributed by atoms with Crippen LogP contribution in [0.2, 0.25) is 0 Å². The van der Waals surface area contributed by atoms with Gasteiger partial charge in [-0.2, -0.15) is 18.4 Å². The number of amides is 1. The number of nitriles is 1. The van der Waals surface area contributed by atoms with Crippen LogP contribution < -0.4 is 10.1 Å². The molecule has 182 valence electrons. The van der Waals surface area contributed by atoms with E-state index in [0.29, 0.717) is 0 Å². The SMILES string of the molecule is CC(C)(C)OC(=O)NC[C@](O)(c1cc2c(c(-c3ccc(F)cc3)n1)OC[C@]2(C)C#N)C(F)(F)F. The fourth-order valence-corrected chi connectivity index (χ4v) is 3.34. The molecule has 3 rings (SSSR count). The van der Waals surface area contributed by atoms with Gasteiger partial charge in [0, 0.05) is 11.1 Å². The molecule has 2 heterocycles. The van der Waals surface area contributed by atoms with Gasteiger partial charge < -0.3 is 19.9 Å². The van der Waals surface area contributed by atoms with Crippen molar-refractivity contribution in [2.24, 2.45) is 0 Å². The number of carbonyl (C=O) groups is 1. The quantitative estimate of drug-likeness (QED) is 0.630. The highest BCUT2D eigenvalue weighted by molar-refractivity contribution is 5.72. The Balaban J connectivity index is 2.16. The largest absolute Gasteiger partial charge is 0.489 e. The molecule has 1 amide bonds. The number of nitrogens with zero attached hydrogens (tertiary/aromatic N) is 2. The van der Waals surface area contributed by atoms with Gasteiger partial charge in [-0.25, -0.2) is 14.2 Å². The molecule has 1 aliphatic rings. The van der Waals surface area contributed by atoms with Gasteiger partial charge in [-0.05, 0) is 58.0 Å². The highest BCUT2D eigenvalue weighted by atomic mass is 19.4. The number of hydrogen-bond donors (Lipinski definition) is 2. The maximum Gasteiger partial charge on any atom is 0.424 e. The Kier molecular flexibility index (Phi) is 6.26. The number of aliphatic hydroxyl groups is 1. The third-order valence-electron chi connectivity index (χ3n) is 5.22. The average Bonchev–Trinajstić information content (AvgIpc) is 3.07. The second-order valence-electron chi connectivity index (χ2n) is 9.19. The summed E-state index contributed by atoms with van der Waals surface area (Å²) in [7, 11) is 0. The Hall–Kier alpha value is -3.39. The smallest absolute Gasteiger partial charge is 0.424 e. The topological polar surface area (TPSA) is 104 Å². The molecule has 1 aromatic carbocycles. The number of carbonyl (C=O) groups excluding carboxylic acids is 1. The van der Waals surface area contributed by atoms with Gasteiger partial charge in [0.2, 0.25) is 5.60 Å². The van der Waals surface area contributed by atoms with E-state index >= 15 is 0 Å². The lowest BCUT2D eigenvalue weighted by Gasteiger charge is -2.31. The van der Waals surface area contributed by atoms with E-state index in [2.05, 4.69) is 4.98 Å². The number of halogens is 4. The number of nitrogens with one attached hydrogen (secondary N) is 1. The zero-order chi connectivity index (χ0) is 25.5. The van der Waals surface area contributed by atoms with E-state index < -0.39 is 46.9 Å². The number of fused-ring (bicyclic) bond motifs is 1. The van der Waals surface area contributed by atoms with Gasteiger partial charge in [-0.3, -0.25) is 0 Å². The lowest BCUT2D eigenvalue weighted by atomic mass is 9.83. The first-order valence-electron chi connectivity index (χ1n) is 10.2. The number of pyridine rings is 1. The van der Waals surface area contributed by atoms with Crippen molar-refractivity contribution in [2.45, 2.75) is 50.5 Å². The number of benzene rings is 1. The molecule has 1 aromatic heterocycles. The summed E-state index contributed by atoms with van der Waals surface area (Å²) in [6.45, 7) is 4.61. The van der Waals surface area contributed by atoms with Crippen LogP contribution in [0.5, 0.6) is 5.75 Å². The molecule has 7 nitrogen and oxygen atoms in total. The van der Waals surface area contributed by atoms with Crippen molar-refractivity contribution in [1.82, 2.24) is 10.3 Å². The summed E-state index contributed by atoms with van der Waals surface area (Å²) in [6, 6.07) is 7.72. The van der Waals surface area contributed by atoms with E-state index in [9.17, 15) is 32.7 Å². The van der Waals surface area contributed by atoms with Crippen LogP contribution in [0.1, 0.15) is 39.0 Å². The molecule has 0 bridgehead atoms. The van der Waals surface area contributed by atoms with E-state index in [1.807, 2.05) is 11.4 Å². The highest BCUT2D eigenvalue weighted by Gasteiger charge is 2.57. The van der Waals surface area contributed by atoms with Gasteiger partial charge in [0.15, 0.2) is 5.75 Å². The minimum Gasteiger partial charge on any atom is -0.489 e. The average molecular weight is 481 g/mol. The van der Waals surface area contributed by atoms with E-state index in [1.54, 1.807) is 0 Å². The molecule has 2 atom stereocenters. The van der Waals surface area contributed by atoms with Crippen LogP contribution in [-0.2, 0) is 15.8 Å². The van der Waals surface area contributed by atoms with Gasteiger partial charge in [0.05, 0.1) is 18.3 Å². The Labute approximate surface area is 193 Å². The summed E-state index contributed by atoms with van der Waals surface area (Å²) in [4.78, 5) is 16.0. The minimum absolute atomic E-state index is 0.0593. The lowest BCUT2D eigenvalue weighted by Crippen LogP contribution is -2.52. The second kappa shape index (κ2) is 8.43. The van der Waals surface area contributed by atoms with Crippen molar-refractivity contribution < 1.29 is 36.9 Å². The monoisotopic (exact) mass is 481 g/mol. The molecule has 2 aromatic rings. The summed E-state index contributed by atoms with van der Waals surface area (Å²) in [6.07, 6.45) is -6.44. The van der Waals surface area contributed by atoms with Crippen LogP contribution in [0.3, 0.4) is 0 Å². The zero-order valence-corrected chi connectivity index (χ0v) is 18.9. The van der Waals surface area contributed by atoms with Crippen molar-refractivity contribution in [3.05, 3.63) is 47.4 Å². The summed E-state index contributed by atoms with van der Waals surface area (Å²) >= 11 is 0. The van der Waals surface area contributed by atoms with Gasteiger partial charge in [0.25, 0.3) is 0 Å². The highest BCUT2D eigenvalue weighted by Crippen LogP contribution is 2.47. The molecule has 0 saturated carbocycles. The molecular weight excluding hydrogens is 458 g/mol. The number of alkyl carbamates (subject to hydrolysis) is 1. The molecule has 0 unspecified atom stereocenters. The first-order valence-corrected chi connectivity index (χ1v) is 10.2. The van der Waals surface area contributed by atoms with Crippen LogP contribution in [-0.4, -0.2) is 41.1 Å². The minimum atomic E-state index is -5.27. The fraction of sp³-hybridized carbons (Fsp3) is 0.435. The van der Waals surface area contributed by atoms with Gasteiger partial charge in [-0.15, -0.1) is 0 Å². The van der Waals surface area contributed by atoms with Gasteiger partial charge >= 0.3 is 12.3 Å².